The van der Waals surface area contributed by atoms with Crippen molar-refractivity contribution in [1.82, 2.24) is 19.5 Å². The summed E-state index contributed by atoms with van der Waals surface area (Å²) in [7, 11) is 4.71. The van der Waals surface area contributed by atoms with Crippen LogP contribution in [0.25, 0.3) is 22.6 Å². The molecule has 1 aliphatic carbocycles. The Labute approximate surface area is 155 Å². The zero-order valence-electron chi connectivity index (χ0n) is 14.8. The summed E-state index contributed by atoms with van der Waals surface area (Å²) >= 11 is 6.39. The van der Waals surface area contributed by atoms with E-state index in [1.165, 1.54) is 12.8 Å². The van der Waals surface area contributed by atoms with Gasteiger partial charge >= 0.3 is 0 Å². The van der Waals surface area contributed by atoms with Gasteiger partial charge in [0, 0.05) is 12.1 Å². The summed E-state index contributed by atoms with van der Waals surface area (Å²) in [6, 6.07) is 3.62. The molecular formula is C18H19ClN4O3. The Balaban J connectivity index is 1.86. The number of fused-ring (bicyclic) bond motifs is 1. The molecule has 0 spiro atoms. The lowest BCUT2D eigenvalue weighted by Crippen LogP contribution is -2.01. The van der Waals surface area contributed by atoms with Crippen molar-refractivity contribution in [3.05, 3.63) is 23.6 Å². The molecule has 0 atom stereocenters. The summed E-state index contributed by atoms with van der Waals surface area (Å²) < 4.78 is 18.3. The third-order valence-electron chi connectivity index (χ3n) is 4.50. The molecule has 1 saturated carbocycles. The van der Waals surface area contributed by atoms with Crippen molar-refractivity contribution in [2.45, 2.75) is 19.4 Å². The monoisotopic (exact) mass is 374 g/mol. The predicted octanol–water partition coefficient (Wildman–Crippen LogP) is 3.58. The van der Waals surface area contributed by atoms with Gasteiger partial charge in [0.1, 0.15) is 5.69 Å². The van der Waals surface area contributed by atoms with E-state index < -0.39 is 0 Å². The molecule has 0 amide bonds. The average molecular weight is 375 g/mol. The molecule has 0 saturated heterocycles. The van der Waals surface area contributed by atoms with E-state index in [0.29, 0.717) is 34.5 Å². The molecule has 0 N–H and O–H groups in total. The van der Waals surface area contributed by atoms with Crippen LogP contribution in [0.1, 0.15) is 12.8 Å². The van der Waals surface area contributed by atoms with Crippen LogP contribution in [0.2, 0.25) is 5.15 Å². The molecule has 3 aromatic rings. The standard InChI is InChI=1S/C18H19ClN4O3/c1-24-12-6-11(7-13(25-2)15(12)26-3)14-16(19)22-17-18(21-14)23(9-20-17)8-10-4-5-10/h6-7,9-10H,4-5,8H2,1-3H3. The van der Waals surface area contributed by atoms with Gasteiger partial charge in [-0.1, -0.05) is 11.6 Å². The molecule has 4 rings (SSSR count). The highest BCUT2D eigenvalue weighted by molar-refractivity contribution is 6.32. The molecule has 1 aromatic carbocycles. The van der Waals surface area contributed by atoms with Gasteiger partial charge in [-0.2, -0.15) is 0 Å². The number of methoxy groups -OCH3 is 3. The topological polar surface area (TPSA) is 71.3 Å². The molecule has 8 heteroatoms. The van der Waals surface area contributed by atoms with Crippen LogP contribution < -0.4 is 14.2 Å². The number of benzene rings is 1. The van der Waals surface area contributed by atoms with Gasteiger partial charge in [-0.25, -0.2) is 15.0 Å². The minimum Gasteiger partial charge on any atom is -0.493 e. The van der Waals surface area contributed by atoms with Crippen LogP contribution in [0.5, 0.6) is 17.2 Å². The molecule has 0 bridgehead atoms. The number of imidazole rings is 1. The van der Waals surface area contributed by atoms with Crippen LogP contribution in [-0.4, -0.2) is 40.8 Å². The summed E-state index contributed by atoms with van der Waals surface area (Å²) in [5.74, 6) is 2.29. The smallest absolute Gasteiger partial charge is 0.203 e. The molecule has 7 nitrogen and oxygen atoms in total. The molecule has 136 valence electrons. The normalized spacial score (nSPS) is 13.8. The summed E-state index contributed by atoms with van der Waals surface area (Å²) in [6.45, 7) is 0.904. The van der Waals surface area contributed by atoms with Gasteiger partial charge in [0.25, 0.3) is 0 Å². The zero-order valence-corrected chi connectivity index (χ0v) is 15.6. The third kappa shape index (κ3) is 2.92. The SMILES string of the molecule is COc1cc(-c2nc3c(ncn3CC3CC3)nc2Cl)cc(OC)c1OC. The minimum atomic E-state index is 0.281. The summed E-state index contributed by atoms with van der Waals surface area (Å²) in [6.07, 6.45) is 4.28. The Kier molecular flexibility index (Phi) is 4.32. The van der Waals surface area contributed by atoms with Crippen LogP contribution in [-0.2, 0) is 6.54 Å². The van der Waals surface area contributed by atoms with E-state index in [9.17, 15) is 0 Å². The highest BCUT2D eigenvalue weighted by Crippen LogP contribution is 2.42. The Morgan fingerprint density at radius 2 is 1.77 bits per heavy atom. The largest absolute Gasteiger partial charge is 0.493 e. The quantitative estimate of drug-likeness (QED) is 0.656. The van der Waals surface area contributed by atoms with Crippen LogP contribution in [0.15, 0.2) is 18.5 Å². The molecule has 1 aliphatic rings. The van der Waals surface area contributed by atoms with Crippen LogP contribution >= 0.6 is 11.6 Å². The average Bonchev–Trinajstić information content (AvgIpc) is 3.40. The maximum atomic E-state index is 6.39. The maximum absolute atomic E-state index is 6.39. The molecule has 1 fully saturated rings. The Morgan fingerprint density at radius 1 is 1.08 bits per heavy atom. The van der Waals surface area contributed by atoms with Gasteiger partial charge in [0.05, 0.1) is 27.7 Å². The van der Waals surface area contributed by atoms with Crippen molar-refractivity contribution in [1.29, 1.82) is 0 Å². The number of nitrogens with zero attached hydrogens (tertiary/aromatic N) is 4. The van der Waals surface area contributed by atoms with Crippen molar-refractivity contribution in [3.8, 4) is 28.5 Å². The number of rotatable bonds is 6. The Morgan fingerprint density at radius 3 is 2.35 bits per heavy atom. The second-order valence-electron chi connectivity index (χ2n) is 6.26. The van der Waals surface area contributed by atoms with Crippen molar-refractivity contribution < 1.29 is 14.2 Å². The number of hydrogen-bond donors (Lipinski definition) is 0. The highest BCUT2D eigenvalue weighted by Gasteiger charge is 2.24. The first-order chi connectivity index (χ1) is 12.6. The van der Waals surface area contributed by atoms with Crippen molar-refractivity contribution in [2.75, 3.05) is 21.3 Å². The Hall–Kier alpha value is -2.54. The first kappa shape index (κ1) is 16.9. The summed E-state index contributed by atoms with van der Waals surface area (Å²) in [5.41, 5.74) is 2.56. The fourth-order valence-corrected chi connectivity index (χ4v) is 3.20. The summed E-state index contributed by atoms with van der Waals surface area (Å²) in [4.78, 5) is 13.5. The molecule has 26 heavy (non-hydrogen) atoms. The number of hydrogen-bond acceptors (Lipinski definition) is 6. The third-order valence-corrected chi connectivity index (χ3v) is 4.76. The molecule has 2 heterocycles. The zero-order chi connectivity index (χ0) is 18.3. The Bertz CT molecular complexity index is 943. The first-order valence-corrected chi connectivity index (χ1v) is 8.71. The van der Waals surface area contributed by atoms with Gasteiger partial charge in [0.2, 0.25) is 5.75 Å². The van der Waals surface area contributed by atoms with Crippen LogP contribution in [0, 0.1) is 5.92 Å². The van der Waals surface area contributed by atoms with E-state index in [4.69, 9.17) is 30.8 Å². The molecule has 0 radical (unpaired) electrons. The van der Waals surface area contributed by atoms with Gasteiger partial charge in [-0.15, -0.1) is 0 Å². The van der Waals surface area contributed by atoms with Gasteiger partial charge in [-0.3, -0.25) is 0 Å². The maximum Gasteiger partial charge on any atom is 0.203 e. The van der Waals surface area contributed by atoms with E-state index in [-0.39, 0.29) is 5.15 Å². The lowest BCUT2D eigenvalue weighted by molar-refractivity contribution is 0.324. The van der Waals surface area contributed by atoms with Crippen molar-refractivity contribution in [2.24, 2.45) is 5.92 Å². The lowest BCUT2D eigenvalue weighted by Gasteiger charge is -2.14. The lowest BCUT2D eigenvalue weighted by atomic mass is 10.1. The first-order valence-electron chi connectivity index (χ1n) is 8.33. The van der Waals surface area contributed by atoms with Crippen molar-refractivity contribution in [3.63, 3.8) is 0 Å². The van der Waals surface area contributed by atoms with E-state index in [2.05, 4.69) is 9.97 Å². The fraction of sp³-hybridized carbons (Fsp3) is 0.389. The predicted molar refractivity (Wildman–Crippen MR) is 98.1 cm³/mol. The van der Waals surface area contributed by atoms with Crippen LogP contribution in [0.4, 0.5) is 0 Å². The van der Waals surface area contributed by atoms with Gasteiger partial charge < -0.3 is 18.8 Å². The van der Waals surface area contributed by atoms with Crippen molar-refractivity contribution >= 4 is 22.9 Å². The van der Waals surface area contributed by atoms with Crippen LogP contribution in [0.3, 0.4) is 0 Å². The second-order valence-corrected chi connectivity index (χ2v) is 6.62. The fourth-order valence-electron chi connectivity index (χ4n) is 2.97. The number of aromatic nitrogens is 4. The molecule has 2 aromatic heterocycles. The molecule has 0 aliphatic heterocycles. The number of halogens is 1. The summed E-state index contributed by atoms with van der Waals surface area (Å²) in [5, 5.41) is 0.281. The van der Waals surface area contributed by atoms with E-state index in [1.807, 2.05) is 16.7 Å². The highest BCUT2D eigenvalue weighted by atomic mass is 35.5. The molecule has 0 unspecified atom stereocenters. The minimum absolute atomic E-state index is 0.281. The van der Waals surface area contributed by atoms with E-state index >= 15 is 0 Å². The van der Waals surface area contributed by atoms with Gasteiger partial charge in [-0.05, 0) is 30.9 Å². The number of ether oxygens (including phenoxy) is 3. The molecular weight excluding hydrogens is 356 g/mol. The second kappa shape index (κ2) is 6.64. The van der Waals surface area contributed by atoms with E-state index in [0.717, 1.165) is 17.8 Å². The van der Waals surface area contributed by atoms with Gasteiger partial charge in [0.15, 0.2) is 27.9 Å². The van der Waals surface area contributed by atoms with E-state index in [1.54, 1.807) is 27.7 Å².